The van der Waals surface area contributed by atoms with Crippen molar-refractivity contribution in [2.75, 3.05) is 32.4 Å². The third-order valence-corrected chi connectivity index (χ3v) is 4.74. The third kappa shape index (κ3) is 2.56. The van der Waals surface area contributed by atoms with Gasteiger partial charge in [-0.05, 0) is 19.8 Å². The first-order chi connectivity index (χ1) is 7.41. The highest BCUT2D eigenvalue weighted by atomic mass is 32.2. The molecule has 2 fully saturated rings. The summed E-state index contributed by atoms with van der Waals surface area (Å²) in [6.45, 7) is 4.93. The van der Waals surface area contributed by atoms with Gasteiger partial charge in [-0.2, -0.15) is 0 Å². The first-order valence-electron chi connectivity index (χ1n) is 5.75. The van der Waals surface area contributed by atoms with E-state index in [1.54, 1.807) is 4.31 Å². The number of nitrogens with zero attached hydrogens (tertiary/aromatic N) is 1. The molecule has 1 atom stereocenters. The quantitative estimate of drug-likeness (QED) is 0.697. The van der Waals surface area contributed by atoms with E-state index in [-0.39, 0.29) is 11.7 Å². The molecular formula is C10H20N2O3S. The van der Waals surface area contributed by atoms with Crippen molar-refractivity contribution in [1.29, 1.82) is 0 Å². The van der Waals surface area contributed by atoms with Gasteiger partial charge >= 0.3 is 0 Å². The summed E-state index contributed by atoms with van der Waals surface area (Å²) >= 11 is 0. The molecule has 1 N–H and O–H groups in total. The van der Waals surface area contributed by atoms with Crippen LogP contribution in [0.25, 0.3) is 0 Å². The van der Waals surface area contributed by atoms with E-state index in [4.69, 9.17) is 4.74 Å². The summed E-state index contributed by atoms with van der Waals surface area (Å²) in [5.74, 6) is 0. The van der Waals surface area contributed by atoms with E-state index in [2.05, 4.69) is 12.2 Å². The van der Waals surface area contributed by atoms with Crippen LogP contribution in [0.1, 0.15) is 19.8 Å². The molecule has 1 spiro atoms. The average molecular weight is 248 g/mol. The fourth-order valence-corrected chi connectivity index (χ4v) is 3.38. The van der Waals surface area contributed by atoms with E-state index in [1.165, 1.54) is 6.26 Å². The summed E-state index contributed by atoms with van der Waals surface area (Å²) in [5.41, 5.74) is -0.140. The number of nitrogens with one attached hydrogen (secondary N) is 1. The maximum atomic E-state index is 11.4. The number of hydrogen-bond donors (Lipinski definition) is 1. The van der Waals surface area contributed by atoms with Crippen LogP contribution in [0.5, 0.6) is 0 Å². The second-order valence-electron chi connectivity index (χ2n) is 4.90. The van der Waals surface area contributed by atoms with E-state index in [0.29, 0.717) is 13.1 Å². The lowest BCUT2D eigenvalue weighted by atomic mass is 9.90. The predicted octanol–water partition coefficient (Wildman–Crippen LogP) is -0.211. The molecule has 0 amide bonds. The van der Waals surface area contributed by atoms with Crippen molar-refractivity contribution < 1.29 is 13.2 Å². The Morgan fingerprint density at radius 2 is 2.00 bits per heavy atom. The average Bonchev–Trinajstić information content (AvgIpc) is 2.16. The molecule has 2 rings (SSSR count). The van der Waals surface area contributed by atoms with Gasteiger partial charge in [-0.3, -0.25) is 0 Å². The highest BCUT2D eigenvalue weighted by Gasteiger charge is 2.40. The Morgan fingerprint density at radius 3 is 2.50 bits per heavy atom. The smallest absolute Gasteiger partial charge is 0.211 e. The van der Waals surface area contributed by atoms with Crippen molar-refractivity contribution in [3.63, 3.8) is 0 Å². The summed E-state index contributed by atoms with van der Waals surface area (Å²) < 4.78 is 30.3. The number of ether oxygens (including phenoxy) is 1. The Morgan fingerprint density at radius 1 is 1.38 bits per heavy atom. The molecule has 94 valence electrons. The van der Waals surface area contributed by atoms with E-state index >= 15 is 0 Å². The lowest BCUT2D eigenvalue weighted by molar-refractivity contribution is -0.129. The van der Waals surface area contributed by atoms with Gasteiger partial charge in [0.05, 0.1) is 18.0 Å². The molecule has 2 saturated heterocycles. The maximum absolute atomic E-state index is 11.4. The van der Waals surface area contributed by atoms with Gasteiger partial charge in [-0.25, -0.2) is 12.7 Å². The van der Waals surface area contributed by atoms with Crippen molar-refractivity contribution in [3.05, 3.63) is 0 Å². The van der Waals surface area contributed by atoms with Crippen LogP contribution in [0, 0.1) is 0 Å². The van der Waals surface area contributed by atoms with Gasteiger partial charge in [0.2, 0.25) is 10.0 Å². The van der Waals surface area contributed by atoms with E-state index in [1.807, 2.05) is 0 Å². The van der Waals surface area contributed by atoms with E-state index < -0.39 is 10.0 Å². The molecule has 2 heterocycles. The molecule has 0 aromatic rings. The van der Waals surface area contributed by atoms with E-state index in [9.17, 15) is 8.42 Å². The number of sulfonamides is 1. The Kier molecular flexibility index (Phi) is 3.27. The van der Waals surface area contributed by atoms with E-state index in [0.717, 1.165) is 25.9 Å². The van der Waals surface area contributed by atoms with Gasteiger partial charge in [0.25, 0.3) is 0 Å². The monoisotopic (exact) mass is 248 g/mol. The number of rotatable bonds is 1. The van der Waals surface area contributed by atoms with Crippen LogP contribution in [0.2, 0.25) is 0 Å². The van der Waals surface area contributed by atoms with Gasteiger partial charge in [0, 0.05) is 26.2 Å². The standard InChI is InChI=1S/C10H20N2O3S/c1-9-7-11-8-10(15-9)3-5-12(6-4-10)16(2,13)14/h9,11H,3-8H2,1-2H3. The van der Waals surface area contributed by atoms with Crippen molar-refractivity contribution in [2.45, 2.75) is 31.5 Å². The minimum Gasteiger partial charge on any atom is -0.369 e. The normalized spacial score (nSPS) is 31.8. The summed E-state index contributed by atoms with van der Waals surface area (Å²) in [4.78, 5) is 0. The number of piperidine rings is 1. The summed E-state index contributed by atoms with van der Waals surface area (Å²) in [6, 6.07) is 0. The third-order valence-electron chi connectivity index (χ3n) is 3.43. The zero-order chi connectivity index (χ0) is 11.8. The van der Waals surface area contributed by atoms with Crippen molar-refractivity contribution in [3.8, 4) is 0 Å². The highest BCUT2D eigenvalue weighted by molar-refractivity contribution is 7.88. The molecule has 2 aliphatic rings. The zero-order valence-corrected chi connectivity index (χ0v) is 10.7. The van der Waals surface area contributed by atoms with Gasteiger partial charge in [-0.1, -0.05) is 0 Å². The summed E-state index contributed by atoms with van der Waals surface area (Å²) in [5, 5.41) is 3.36. The van der Waals surface area contributed by atoms with Gasteiger partial charge in [-0.15, -0.1) is 0 Å². The molecule has 0 aliphatic carbocycles. The highest BCUT2D eigenvalue weighted by Crippen LogP contribution is 2.30. The Hall–Kier alpha value is -0.170. The minimum absolute atomic E-state index is 0.140. The SMILES string of the molecule is CC1CNCC2(CCN(S(C)(=O)=O)CC2)O1. The zero-order valence-electron chi connectivity index (χ0n) is 9.90. The molecule has 0 radical (unpaired) electrons. The molecule has 16 heavy (non-hydrogen) atoms. The lowest BCUT2D eigenvalue weighted by Gasteiger charge is -2.45. The molecule has 2 aliphatic heterocycles. The molecule has 6 heteroatoms. The van der Waals surface area contributed by atoms with Crippen LogP contribution in [0.15, 0.2) is 0 Å². The van der Waals surface area contributed by atoms with Gasteiger partial charge < -0.3 is 10.1 Å². The largest absolute Gasteiger partial charge is 0.369 e. The Bertz CT molecular complexity index is 347. The lowest BCUT2D eigenvalue weighted by Crippen LogP contribution is -2.58. The fourth-order valence-electron chi connectivity index (χ4n) is 2.53. The first-order valence-corrected chi connectivity index (χ1v) is 7.60. The molecule has 0 saturated carbocycles. The molecule has 1 unspecified atom stereocenters. The molecule has 5 nitrogen and oxygen atoms in total. The molecule has 0 aromatic heterocycles. The second-order valence-corrected chi connectivity index (χ2v) is 6.89. The number of morpholine rings is 1. The molecular weight excluding hydrogens is 228 g/mol. The predicted molar refractivity (Wildman–Crippen MR) is 61.8 cm³/mol. The first kappa shape index (κ1) is 12.3. The molecule has 0 bridgehead atoms. The topological polar surface area (TPSA) is 58.6 Å². The molecule has 0 aromatic carbocycles. The van der Waals surface area contributed by atoms with Crippen LogP contribution in [-0.2, 0) is 14.8 Å². The van der Waals surface area contributed by atoms with Crippen molar-refractivity contribution >= 4 is 10.0 Å². The minimum atomic E-state index is -3.04. The Balaban J connectivity index is 1.98. The van der Waals surface area contributed by atoms with Gasteiger partial charge in [0.1, 0.15) is 0 Å². The Labute approximate surface area is 97.2 Å². The van der Waals surface area contributed by atoms with Crippen LogP contribution < -0.4 is 5.32 Å². The van der Waals surface area contributed by atoms with Crippen molar-refractivity contribution in [2.24, 2.45) is 0 Å². The second kappa shape index (κ2) is 4.25. The fraction of sp³-hybridized carbons (Fsp3) is 1.00. The van der Waals surface area contributed by atoms with Crippen LogP contribution >= 0.6 is 0 Å². The summed E-state index contributed by atoms with van der Waals surface area (Å²) in [7, 11) is -3.04. The van der Waals surface area contributed by atoms with Crippen LogP contribution in [-0.4, -0.2) is 56.9 Å². The van der Waals surface area contributed by atoms with Crippen LogP contribution in [0.4, 0.5) is 0 Å². The van der Waals surface area contributed by atoms with Gasteiger partial charge in [0.15, 0.2) is 0 Å². The maximum Gasteiger partial charge on any atom is 0.211 e. The van der Waals surface area contributed by atoms with Crippen LogP contribution in [0.3, 0.4) is 0 Å². The summed E-state index contributed by atoms with van der Waals surface area (Å²) in [6.07, 6.45) is 3.07. The van der Waals surface area contributed by atoms with Crippen molar-refractivity contribution in [1.82, 2.24) is 9.62 Å². The number of hydrogen-bond acceptors (Lipinski definition) is 4.